The molecule has 0 saturated carbocycles. The van der Waals surface area contributed by atoms with Crippen molar-refractivity contribution in [3.63, 3.8) is 0 Å². The number of anilines is 2. The summed E-state index contributed by atoms with van der Waals surface area (Å²) in [5, 5.41) is 9.65. The van der Waals surface area contributed by atoms with Gasteiger partial charge in [0, 0.05) is 13.1 Å². The number of pyridine rings is 1. The van der Waals surface area contributed by atoms with Crippen LogP contribution in [0.4, 0.5) is 15.9 Å². The molecule has 31 heavy (non-hydrogen) atoms. The Morgan fingerprint density at radius 2 is 2.13 bits per heavy atom. The molecule has 0 unspecified atom stereocenters. The Hall–Kier alpha value is -3.21. The number of nitrogens with one attached hydrogen (secondary N) is 1. The lowest BCUT2D eigenvalue weighted by molar-refractivity contribution is -0.148. The third-order valence-electron chi connectivity index (χ3n) is 4.80. The summed E-state index contributed by atoms with van der Waals surface area (Å²) in [4.78, 5) is 29.4. The number of ether oxygens (including phenoxy) is 1. The molecule has 3 rings (SSSR count). The van der Waals surface area contributed by atoms with Crippen LogP contribution in [0.5, 0.6) is 0 Å². The van der Waals surface area contributed by atoms with Crippen LogP contribution in [0.1, 0.15) is 30.1 Å². The average molecular weight is 451 g/mol. The molecule has 2 N–H and O–H groups in total. The number of esters is 1. The van der Waals surface area contributed by atoms with Gasteiger partial charge in [-0.2, -0.15) is 0 Å². The van der Waals surface area contributed by atoms with E-state index in [0.717, 1.165) is 18.2 Å². The van der Waals surface area contributed by atoms with E-state index in [1.54, 1.807) is 11.8 Å². The molecule has 0 spiro atoms. The molecule has 1 aromatic heterocycles. The molecule has 0 amide bonds. The maximum absolute atomic E-state index is 13.4. The zero-order valence-electron chi connectivity index (χ0n) is 16.7. The second-order valence-electron chi connectivity index (χ2n) is 7.00. The first kappa shape index (κ1) is 22.5. The minimum absolute atomic E-state index is 0.0793. The minimum atomic E-state index is -4.14. The fraction of sp³-hybridized carbons (Fsp3) is 0.350. The second-order valence-corrected chi connectivity index (χ2v) is 8.68. The van der Waals surface area contributed by atoms with Gasteiger partial charge >= 0.3 is 11.9 Å². The Morgan fingerprint density at radius 3 is 2.81 bits per heavy atom. The lowest BCUT2D eigenvalue weighted by Crippen LogP contribution is -2.40. The quantitative estimate of drug-likeness (QED) is 0.615. The minimum Gasteiger partial charge on any atom is -0.478 e. The van der Waals surface area contributed by atoms with Crippen molar-refractivity contribution in [1.82, 2.24) is 4.98 Å². The highest BCUT2D eigenvalue weighted by atomic mass is 32.2. The molecule has 1 fully saturated rings. The van der Waals surface area contributed by atoms with Gasteiger partial charge in [0.05, 0.1) is 29.3 Å². The number of carboxylic acid groups (broad SMARTS) is 1. The van der Waals surface area contributed by atoms with Crippen LogP contribution in [0.2, 0.25) is 0 Å². The van der Waals surface area contributed by atoms with E-state index >= 15 is 0 Å². The lowest BCUT2D eigenvalue weighted by atomic mass is 9.98. The van der Waals surface area contributed by atoms with E-state index in [2.05, 4.69) is 9.71 Å². The summed E-state index contributed by atoms with van der Waals surface area (Å²) in [6.45, 7) is 2.72. The number of halogens is 1. The second kappa shape index (κ2) is 9.29. The first-order valence-electron chi connectivity index (χ1n) is 9.64. The number of piperidine rings is 1. The Labute approximate surface area is 178 Å². The standard InChI is InChI=1S/C20H22FN3O6S/c1-2-30-20(27)13-5-4-8-24(12-13)18-17(19(25)26)10-15(11-22-18)23-31(28,29)16-7-3-6-14(21)9-16/h3,6-7,9-11,13,23H,2,4-5,8,12H2,1H3,(H,25,26)/t13-/m0/s1. The number of sulfonamides is 1. The summed E-state index contributed by atoms with van der Waals surface area (Å²) >= 11 is 0. The van der Waals surface area contributed by atoms with Gasteiger partial charge in [0.2, 0.25) is 0 Å². The third kappa shape index (κ3) is 5.29. The highest BCUT2D eigenvalue weighted by molar-refractivity contribution is 7.92. The molecule has 1 saturated heterocycles. The molecule has 11 heteroatoms. The van der Waals surface area contributed by atoms with Crippen molar-refractivity contribution in [3.05, 3.63) is 47.9 Å². The van der Waals surface area contributed by atoms with E-state index < -0.39 is 27.7 Å². The van der Waals surface area contributed by atoms with Gasteiger partial charge < -0.3 is 14.7 Å². The number of hydrogen-bond donors (Lipinski definition) is 2. The van der Waals surface area contributed by atoms with Gasteiger partial charge in [-0.25, -0.2) is 22.6 Å². The van der Waals surface area contributed by atoms with Crippen molar-refractivity contribution in [2.75, 3.05) is 29.3 Å². The van der Waals surface area contributed by atoms with Crippen molar-refractivity contribution in [1.29, 1.82) is 0 Å². The van der Waals surface area contributed by atoms with Crippen LogP contribution in [0.25, 0.3) is 0 Å². The van der Waals surface area contributed by atoms with Crippen LogP contribution in [-0.2, 0) is 19.6 Å². The highest BCUT2D eigenvalue weighted by Gasteiger charge is 2.30. The van der Waals surface area contributed by atoms with Gasteiger partial charge in [-0.3, -0.25) is 9.52 Å². The molecular formula is C20H22FN3O6S. The number of carbonyl (C=O) groups excluding carboxylic acids is 1. The monoisotopic (exact) mass is 451 g/mol. The molecule has 1 aliphatic rings. The zero-order chi connectivity index (χ0) is 22.6. The average Bonchev–Trinajstić information content (AvgIpc) is 2.73. The van der Waals surface area contributed by atoms with Crippen LogP contribution in [0, 0.1) is 11.7 Å². The van der Waals surface area contributed by atoms with Crippen molar-refractivity contribution in [2.45, 2.75) is 24.7 Å². The summed E-state index contributed by atoms with van der Waals surface area (Å²) < 4.78 is 45.6. The molecule has 0 bridgehead atoms. The molecule has 2 aromatic rings. The molecule has 166 valence electrons. The van der Waals surface area contributed by atoms with Crippen molar-refractivity contribution >= 4 is 33.5 Å². The van der Waals surface area contributed by atoms with Crippen molar-refractivity contribution in [2.24, 2.45) is 5.92 Å². The maximum Gasteiger partial charge on any atom is 0.339 e. The van der Waals surface area contributed by atoms with Crippen LogP contribution in [-0.4, -0.2) is 50.1 Å². The first-order chi connectivity index (χ1) is 14.7. The van der Waals surface area contributed by atoms with E-state index in [1.165, 1.54) is 18.3 Å². The molecule has 9 nitrogen and oxygen atoms in total. The van der Waals surface area contributed by atoms with Gasteiger partial charge in [0.25, 0.3) is 10.0 Å². The largest absolute Gasteiger partial charge is 0.478 e. The van der Waals surface area contributed by atoms with E-state index in [1.807, 2.05) is 0 Å². The zero-order valence-corrected chi connectivity index (χ0v) is 17.6. The highest BCUT2D eigenvalue weighted by Crippen LogP contribution is 2.28. The third-order valence-corrected chi connectivity index (χ3v) is 6.18. The van der Waals surface area contributed by atoms with E-state index in [4.69, 9.17) is 4.74 Å². The SMILES string of the molecule is CCOC(=O)[C@H]1CCCN(c2ncc(NS(=O)(=O)c3cccc(F)c3)cc2C(=O)O)C1. The van der Waals surface area contributed by atoms with E-state index in [0.29, 0.717) is 19.4 Å². The number of rotatable bonds is 7. The van der Waals surface area contributed by atoms with Gasteiger partial charge in [0.1, 0.15) is 17.2 Å². The predicted molar refractivity (Wildman–Crippen MR) is 110 cm³/mol. The van der Waals surface area contributed by atoms with Gasteiger partial charge in [-0.05, 0) is 44.0 Å². The molecule has 0 radical (unpaired) electrons. The summed E-state index contributed by atoms with van der Waals surface area (Å²) in [6.07, 6.45) is 2.47. The summed E-state index contributed by atoms with van der Waals surface area (Å²) in [7, 11) is -4.14. The number of nitrogens with zero attached hydrogens (tertiary/aromatic N) is 2. The molecule has 0 aliphatic carbocycles. The number of carbonyl (C=O) groups is 2. The topological polar surface area (TPSA) is 126 Å². The normalized spacial score (nSPS) is 16.6. The van der Waals surface area contributed by atoms with Crippen LogP contribution < -0.4 is 9.62 Å². The number of carboxylic acids is 1. The van der Waals surface area contributed by atoms with Gasteiger partial charge in [-0.1, -0.05) is 6.07 Å². The lowest BCUT2D eigenvalue weighted by Gasteiger charge is -2.33. The number of aromatic nitrogens is 1. The Kier molecular flexibility index (Phi) is 6.74. The Morgan fingerprint density at radius 1 is 1.35 bits per heavy atom. The molecule has 2 heterocycles. The molecule has 1 aliphatic heterocycles. The number of aromatic carboxylic acids is 1. The molecule has 1 aromatic carbocycles. The summed E-state index contributed by atoms with van der Waals surface area (Å²) in [5.41, 5.74) is -0.298. The predicted octanol–water partition coefficient (Wildman–Crippen LogP) is 2.50. The van der Waals surface area contributed by atoms with Crippen molar-refractivity contribution < 1.29 is 32.2 Å². The van der Waals surface area contributed by atoms with Crippen LogP contribution >= 0.6 is 0 Å². The Bertz CT molecular complexity index is 1090. The van der Waals surface area contributed by atoms with Crippen molar-refractivity contribution in [3.8, 4) is 0 Å². The number of benzene rings is 1. The van der Waals surface area contributed by atoms with E-state index in [9.17, 15) is 27.5 Å². The van der Waals surface area contributed by atoms with Crippen LogP contribution in [0.3, 0.4) is 0 Å². The molecular weight excluding hydrogens is 429 g/mol. The molecule has 1 atom stereocenters. The maximum atomic E-state index is 13.4. The summed E-state index contributed by atoms with van der Waals surface area (Å²) in [5.74, 6) is -2.63. The van der Waals surface area contributed by atoms with Gasteiger partial charge in [0.15, 0.2) is 0 Å². The Balaban J connectivity index is 1.86. The fourth-order valence-corrected chi connectivity index (χ4v) is 4.46. The fourth-order valence-electron chi connectivity index (χ4n) is 3.39. The smallest absolute Gasteiger partial charge is 0.339 e. The first-order valence-corrected chi connectivity index (χ1v) is 11.1. The number of hydrogen-bond acceptors (Lipinski definition) is 7. The van der Waals surface area contributed by atoms with Gasteiger partial charge in [-0.15, -0.1) is 0 Å². The summed E-state index contributed by atoms with van der Waals surface area (Å²) in [6, 6.07) is 5.58. The van der Waals surface area contributed by atoms with Crippen LogP contribution in [0.15, 0.2) is 41.4 Å². The van der Waals surface area contributed by atoms with E-state index in [-0.39, 0.29) is 41.1 Å².